The Morgan fingerprint density at radius 1 is 1.34 bits per heavy atom. The molecule has 1 amide bonds. The third kappa shape index (κ3) is 6.47. The predicted octanol–water partition coefficient (Wildman–Crippen LogP) is 3.40. The van der Waals surface area contributed by atoms with Crippen molar-refractivity contribution in [2.75, 3.05) is 19.0 Å². The number of aliphatic hydroxyl groups is 1. The molecule has 2 heterocycles. The lowest BCUT2D eigenvalue weighted by molar-refractivity contribution is -0.126. The fourth-order valence-electron chi connectivity index (χ4n) is 2.85. The number of halogens is 2. The summed E-state index contributed by atoms with van der Waals surface area (Å²) in [7, 11) is 1.53. The third-order valence-corrected chi connectivity index (χ3v) is 4.50. The van der Waals surface area contributed by atoms with Gasteiger partial charge in [-0.1, -0.05) is 6.07 Å². The molecule has 0 aliphatic carbocycles. The van der Waals surface area contributed by atoms with E-state index in [1.807, 2.05) is 6.92 Å². The van der Waals surface area contributed by atoms with Crippen LogP contribution in [0.5, 0.6) is 5.75 Å². The van der Waals surface area contributed by atoms with Crippen LogP contribution < -0.4 is 10.1 Å². The first-order chi connectivity index (χ1) is 13.8. The molecular formula is C21H26F2N2O4. The normalized spacial score (nSPS) is 18.0. The Balaban J connectivity index is 0.000000253. The van der Waals surface area contributed by atoms with Gasteiger partial charge in [-0.25, -0.2) is 8.78 Å². The van der Waals surface area contributed by atoms with Gasteiger partial charge in [0.2, 0.25) is 0 Å². The average Bonchev–Trinajstić information content (AvgIpc) is 3.14. The summed E-state index contributed by atoms with van der Waals surface area (Å²) in [6.07, 6.45) is 2.36. The number of nitrogens with zero attached hydrogens (tertiary/aromatic N) is 1. The maximum Gasteiger partial charge on any atom is 0.253 e. The molecule has 6 nitrogen and oxygen atoms in total. The highest BCUT2D eigenvalue weighted by molar-refractivity contribution is 5.94. The van der Waals surface area contributed by atoms with E-state index < -0.39 is 11.9 Å². The second-order valence-corrected chi connectivity index (χ2v) is 6.70. The smallest absolute Gasteiger partial charge is 0.253 e. The minimum atomic E-state index is -0.596. The molecule has 1 aromatic heterocycles. The van der Waals surface area contributed by atoms with Crippen molar-refractivity contribution in [2.45, 2.75) is 45.3 Å². The molecule has 1 aromatic carbocycles. The second-order valence-electron chi connectivity index (χ2n) is 6.70. The van der Waals surface area contributed by atoms with Gasteiger partial charge in [0.1, 0.15) is 17.7 Å². The Bertz CT molecular complexity index is 832. The van der Waals surface area contributed by atoms with Gasteiger partial charge >= 0.3 is 0 Å². The molecule has 158 valence electrons. The van der Waals surface area contributed by atoms with Gasteiger partial charge in [-0.15, -0.1) is 0 Å². The van der Waals surface area contributed by atoms with Gasteiger partial charge in [0.05, 0.1) is 25.1 Å². The zero-order chi connectivity index (χ0) is 21.4. The van der Waals surface area contributed by atoms with Crippen molar-refractivity contribution in [3.63, 3.8) is 0 Å². The highest BCUT2D eigenvalue weighted by atomic mass is 19.1. The summed E-state index contributed by atoms with van der Waals surface area (Å²) >= 11 is 0. The van der Waals surface area contributed by atoms with Crippen molar-refractivity contribution in [1.82, 2.24) is 4.98 Å². The first kappa shape index (κ1) is 22.7. The molecule has 2 atom stereocenters. The Morgan fingerprint density at radius 2 is 2.10 bits per heavy atom. The summed E-state index contributed by atoms with van der Waals surface area (Å²) < 4.78 is 36.5. The van der Waals surface area contributed by atoms with Crippen LogP contribution in [0.2, 0.25) is 0 Å². The van der Waals surface area contributed by atoms with Crippen LogP contribution in [0.3, 0.4) is 0 Å². The number of ether oxygens (including phenoxy) is 2. The first-order valence-electron chi connectivity index (χ1n) is 9.36. The minimum absolute atomic E-state index is 0.0583. The molecule has 1 aliphatic rings. The van der Waals surface area contributed by atoms with Crippen molar-refractivity contribution in [2.24, 2.45) is 0 Å². The highest BCUT2D eigenvalue weighted by Gasteiger charge is 2.28. The summed E-state index contributed by atoms with van der Waals surface area (Å²) in [5.41, 5.74) is 1.16. The fourth-order valence-corrected chi connectivity index (χ4v) is 2.85. The molecule has 1 fully saturated rings. The quantitative estimate of drug-likeness (QED) is 0.793. The molecular weight excluding hydrogens is 382 g/mol. The predicted molar refractivity (Wildman–Crippen MR) is 105 cm³/mol. The molecule has 29 heavy (non-hydrogen) atoms. The molecule has 0 saturated carbocycles. The molecule has 3 rings (SSSR count). The average molecular weight is 408 g/mol. The van der Waals surface area contributed by atoms with E-state index in [9.17, 15) is 13.6 Å². The van der Waals surface area contributed by atoms with Crippen LogP contribution in [0.1, 0.15) is 31.0 Å². The van der Waals surface area contributed by atoms with Gasteiger partial charge in [-0.3, -0.25) is 9.78 Å². The molecule has 0 bridgehead atoms. The Kier molecular flexibility index (Phi) is 8.48. The number of benzene rings is 1. The molecule has 2 unspecified atom stereocenters. The SMILES string of the molecule is CC1CCC(C(=O)Nc2cc(CCO)ncc2F)O1.COc1cccc(F)c1C. The molecule has 0 radical (unpaired) electrons. The number of pyridine rings is 1. The number of amides is 1. The maximum atomic E-state index is 13.6. The number of hydrogen-bond donors (Lipinski definition) is 2. The Morgan fingerprint density at radius 3 is 2.69 bits per heavy atom. The summed E-state index contributed by atoms with van der Waals surface area (Å²) in [4.78, 5) is 15.7. The minimum Gasteiger partial charge on any atom is -0.496 e. The van der Waals surface area contributed by atoms with Crippen LogP contribution >= 0.6 is 0 Å². The lowest BCUT2D eigenvalue weighted by Crippen LogP contribution is -2.28. The topological polar surface area (TPSA) is 80.7 Å². The van der Waals surface area contributed by atoms with E-state index in [0.717, 1.165) is 12.6 Å². The molecule has 8 heteroatoms. The lowest BCUT2D eigenvalue weighted by Gasteiger charge is -2.12. The standard InChI is InChI=1S/C13H17FN2O3.C8H9FO/c1-8-2-3-12(19-8)13(18)16-11-6-9(4-5-17)15-7-10(11)14;1-6-7(9)4-3-5-8(6)10-2/h6-8,12,17H,2-5H2,1H3,(H,15,16,18);3-5H,1-2H3. The number of rotatable bonds is 5. The number of hydrogen-bond acceptors (Lipinski definition) is 5. The number of carbonyl (C=O) groups is 1. The first-order valence-corrected chi connectivity index (χ1v) is 9.36. The fraction of sp³-hybridized carbons (Fsp3) is 0.429. The molecule has 1 aliphatic heterocycles. The summed E-state index contributed by atoms with van der Waals surface area (Å²) in [6.45, 7) is 3.52. The summed E-state index contributed by atoms with van der Waals surface area (Å²) in [6, 6.07) is 6.21. The number of methoxy groups -OCH3 is 1. The van der Waals surface area contributed by atoms with Crippen LogP contribution in [-0.4, -0.2) is 41.9 Å². The van der Waals surface area contributed by atoms with E-state index in [1.54, 1.807) is 19.1 Å². The van der Waals surface area contributed by atoms with Crippen LogP contribution in [0.25, 0.3) is 0 Å². The van der Waals surface area contributed by atoms with Gasteiger partial charge in [-0.05, 0) is 44.9 Å². The van der Waals surface area contributed by atoms with Crippen molar-refractivity contribution in [1.29, 1.82) is 0 Å². The number of aliphatic hydroxyl groups excluding tert-OH is 1. The number of nitrogens with one attached hydrogen (secondary N) is 1. The molecule has 2 N–H and O–H groups in total. The maximum absolute atomic E-state index is 13.6. The second kappa shape index (κ2) is 10.8. The van der Waals surface area contributed by atoms with Crippen molar-refractivity contribution in [3.05, 3.63) is 53.4 Å². The van der Waals surface area contributed by atoms with Gasteiger partial charge in [0.15, 0.2) is 5.82 Å². The van der Waals surface area contributed by atoms with Crippen molar-refractivity contribution < 1.29 is 28.2 Å². The van der Waals surface area contributed by atoms with Crippen LogP contribution in [0, 0.1) is 18.6 Å². The zero-order valence-electron chi connectivity index (χ0n) is 16.7. The van der Waals surface area contributed by atoms with Gasteiger partial charge in [0.25, 0.3) is 5.91 Å². The summed E-state index contributed by atoms with van der Waals surface area (Å²) in [5, 5.41) is 11.3. The van der Waals surface area contributed by atoms with Crippen molar-refractivity contribution in [3.8, 4) is 5.75 Å². The van der Waals surface area contributed by atoms with Gasteiger partial charge in [-0.2, -0.15) is 0 Å². The van der Waals surface area contributed by atoms with Gasteiger partial charge < -0.3 is 19.9 Å². The van der Waals surface area contributed by atoms with Crippen LogP contribution in [-0.2, 0) is 16.0 Å². The number of anilines is 1. The Labute approximate surface area is 168 Å². The van der Waals surface area contributed by atoms with E-state index in [-0.39, 0.29) is 30.1 Å². The monoisotopic (exact) mass is 408 g/mol. The Hall–Kier alpha value is -2.58. The highest BCUT2D eigenvalue weighted by Crippen LogP contribution is 2.22. The number of aromatic nitrogens is 1. The van der Waals surface area contributed by atoms with E-state index in [2.05, 4.69) is 10.3 Å². The van der Waals surface area contributed by atoms with Crippen LogP contribution in [0.15, 0.2) is 30.5 Å². The van der Waals surface area contributed by atoms with E-state index in [1.165, 1.54) is 19.2 Å². The summed E-state index contributed by atoms with van der Waals surface area (Å²) in [5.74, 6) is -0.565. The zero-order valence-corrected chi connectivity index (χ0v) is 16.7. The lowest BCUT2D eigenvalue weighted by atomic mass is 10.2. The molecule has 0 spiro atoms. The van der Waals surface area contributed by atoms with Crippen molar-refractivity contribution >= 4 is 11.6 Å². The van der Waals surface area contributed by atoms with E-state index in [4.69, 9.17) is 14.6 Å². The van der Waals surface area contributed by atoms with E-state index in [0.29, 0.717) is 29.8 Å². The third-order valence-electron chi connectivity index (χ3n) is 4.50. The van der Waals surface area contributed by atoms with Gasteiger partial charge in [0, 0.05) is 24.3 Å². The molecule has 1 saturated heterocycles. The van der Waals surface area contributed by atoms with E-state index >= 15 is 0 Å². The largest absolute Gasteiger partial charge is 0.496 e. The molecule has 2 aromatic rings. The number of carbonyl (C=O) groups excluding carboxylic acids is 1. The van der Waals surface area contributed by atoms with Crippen LogP contribution in [0.4, 0.5) is 14.5 Å².